The van der Waals surface area contributed by atoms with E-state index in [1.165, 1.54) is 6.92 Å². The molecule has 0 radical (unpaired) electrons. The molecule has 20 heavy (non-hydrogen) atoms. The van der Waals surface area contributed by atoms with E-state index in [1.54, 1.807) is 7.11 Å². The van der Waals surface area contributed by atoms with Crippen molar-refractivity contribution in [2.75, 3.05) is 7.11 Å². The fourth-order valence-corrected chi connectivity index (χ4v) is 3.06. The minimum absolute atomic E-state index is 0.0465. The molecular formula is C15H17NO4. The number of allylic oxidation sites excluding steroid dienone is 1. The molecule has 2 aliphatic heterocycles. The first kappa shape index (κ1) is 12.8. The summed E-state index contributed by atoms with van der Waals surface area (Å²) >= 11 is 0. The first-order valence-electron chi connectivity index (χ1n) is 6.53. The molecule has 0 unspecified atom stereocenters. The molecule has 2 aliphatic rings. The number of benzene rings is 1. The van der Waals surface area contributed by atoms with Gasteiger partial charge in [0.25, 0.3) is 5.91 Å². The van der Waals surface area contributed by atoms with E-state index in [-0.39, 0.29) is 17.6 Å². The Morgan fingerprint density at radius 3 is 2.95 bits per heavy atom. The predicted octanol–water partition coefficient (Wildman–Crippen LogP) is 2.24. The number of ether oxygens (including phenoxy) is 2. The van der Waals surface area contributed by atoms with Crippen LogP contribution in [-0.2, 0) is 4.79 Å². The Bertz CT molecular complexity index is 618. The fraction of sp³-hybridized carbons (Fsp3) is 0.400. The fourth-order valence-electron chi connectivity index (χ4n) is 3.06. The van der Waals surface area contributed by atoms with E-state index >= 15 is 0 Å². The summed E-state index contributed by atoms with van der Waals surface area (Å²) in [5.74, 6) is 0.844. The van der Waals surface area contributed by atoms with Crippen LogP contribution in [0.1, 0.15) is 31.7 Å². The van der Waals surface area contributed by atoms with Gasteiger partial charge in [0.1, 0.15) is 0 Å². The average molecular weight is 275 g/mol. The van der Waals surface area contributed by atoms with Crippen LogP contribution in [0, 0.1) is 0 Å². The van der Waals surface area contributed by atoms with Gasteiger partial charge in [0.2, 0.25) is 0 Å². The molecule has 1 aromatic carbocycles. The molecule has 5 heteroatoms. The molecule has 0 spiro atoms. The van der Waals surface area contributed by atoms with Gasteiger partial charge in [-0.05, 0) is 19.9 Å². The van der Waals surface area contributed by atoms with E-state index < -0.39 is 5.72 Å². The van der Waals surface area contributed by atoms with Crippen LogP contribution in [0.15, 0.2) is 29.5 Å². The van der Waals surface area contributed by atoms with Crippen LogP contribution in [0.2, 0.25) is 0 Å². The zero-order valence-electron chi connectivity index (χ0n) is 11.7. The third-order valence-electron chi connectivity index (χ3n) is 3.89. The Morgan fingerprint density at radius 1 is 1.55 bits per heavy atom. The predicted molar refractivity (Wildman–Crippen MR) is 72.9 cm³/mol. The van der Waals surface area contributed by atoms with Crippen molar-refractivity contribution in [1.82, 2.24) is 5.32 Å². The minimum atomic E-state index is -0.775. The number of amides is 1. The average Bonchev–Trinajstić information content (AvgIpc) is 2.36. The van der Waals surface area contributed by atoms with Gasteiger partial charge in [-0.15, -0.1) is 0 Å². The maximum absolute atomic E-state index is 12.2. The van der Waals surface area contributed by atoms with Crippen LogP contribution < -0.4 is 14.8 Å². The summed E-state index contributed by atoms with van der Waals surface area (Å²) in [7, 11) is 1.58. The van der Waals surface area contributed by atoms with Crippen molar-refractivity contribution >= 4 is 5.91 Å². The molecule has 5 nitrogen and oxygen atoms in total. The molecule has 0 aliphatic carbocycles. The number of aliphatic hydroxyl groups excluding tert-OH is 1. The highest BCUT2D eigenvalue weighted by atomic mass is 16.5. The molecule has 1 amide bonds. The van der Waals surface area contributed by atoms with Crippen LogP contribution in [0.3, 0.4) is 0 Å². The van der Waals surface area contributed by atoms with Crippen molar-refractivity contribution in [2.45, 2.75) is 31.9 Å². The molecule has 106 valence electrons. The van der Waals surface area contributed by atoms with Gasteiger partial charge in [-0.2, -0.15) is 0 Å². The summed E-state index contributed by atoms with van der Waals surface area (Å²) in [4.78, 5) is 12.2. The molecule has 1 fully saturated rings. The summed E-state index contributed by atoms with van der Waals surface area (Å²) in [5.41, 5.74) is 0.503. The number of carbonyl (C=O) groups is 1. The Morgan fingerprint density at radius 2 is 2.30 bits per heavy atom. The summed E-state index contributed by atoms with van der Waals surface area (Å²) in [6.07, 6.45) is 0.589. The monoisotopic (exact) mass is 275 g/mol. The lowest BCUT2D eigenvalue weighted by atomic mass is 9.78. The molecule has 2 bridgehead atoms. The SMILES string of the molecule is COc1cccc2c1O[C@]1(C)C[C@@H]2/C(=C(\C)O)C(=O)N1. The van der Waals surface area contributed by atoms with Crippen molar-refractivity contribution in [3.63, 3.8) is 0 Å². The highest BCUT2D eigenvalue weighted by molar-refractivity contribution is 5.97. The van der Waals surface area contributed by atoms with Gasteiger partial charge >= 0.3 is 0 Å². The number of methoxy groups -OCH3 is 1. The number of aliphatic hydroxyl groups is 1. The second kappa shape index (κ2) is 4.16. The first-order valence-corrected chi connectivity index (χ1v) is 6.53. The van der Waals surface area contributed by atoms with E-state index in [4.69, 9.17) is 9.47 Å². The third kappa shape index (κ3) is 1.73. The first-order chi connectivity index (χ1) is 9.45. The number of nitrogens with one attached hydrogen (secondary N) is 1. The molecule has 1 aromatic rings. The topological polar surface area (TPSA) is 67.8 Å². The van der Waals surface area contributed by atoms with E-state index in [0.717, 1.165) is 5.56 Å². The Balaban J connectivity index is 2.23. The van der Waals surface area contributed by atoms with Crippen molar-refractivity contribution < 1.29 is 19.4 Å². The van der Waals surface area contributed by atoms with Gasteiger partial charge in [-0.3, -0.25) is 4.79 Å². The van der Waals surface area contributed by atoms with Crippen LogP contribution in [-0.4, -0.2) is 23.8 Å². The number of hydrogen-bond donors (Lipinski definition) is 2. The van der Waals surface area contributed by atoms with Crippen molar-refractivity contribution in [3.8, 4) is 11.5 Å². The van der Waals surface area contributed by atoms with Crippen LogP contribution >= 0.6 is 0 Å². The van der Waals surface area contributed by atoms with Gasteiger partial charge in [0.15, 0.2) is 17.2 Å². The number of para-hydroxylation sites is 1. The highest BCUT2D eigenvalue weighted by Gasteiger charge is 2.48. The molecule has 3 rings (SSSR count). The Hall–Kier alpha value is -2.17. The largest absolute Gasteiger partial charge is 0.512 e. The van der Waals surface area contributed by atoms with E-state index in [0.29, 0.717) is 23.5 Å². The minimum Gasteiger partial charge on any atom is -0.512 e. The Kier molecular flexibility index (Phi) is 2.67. The lowest BCUT2D eigenvalue weighted by molar-refractivity contribution is -0.127. The number of fused-ring (bicyclic) bond motifs is 4. The van der Waals surface area contributed by atoms with Gasteiger partial charge in [0.05, 0.1) is 18.4 Å². The normalized spacial score (nSPS) is 29.9. The quantitative estimate of drug-likeness (QED) is 0.609. The standard InChI is InChI=1S/C15H17NO4/c1-8(17)12-10-7-15(2,16-14(12)18)20-13-9(10)5-4-6-11(13)19-3/h4-6,10,17H,7H2,1-3H3,(H,16,18)/b12-8-/t10-,15+/m0/s1. The molecule has 0 aromatic heterocycles. The van der Waals surface area contributed by atoms with Gasteiger partial charge in [-0.1, -0.05) is 12.1 Å². The van der Waals surface area contributed by atoms with E-state index in [1.807, 2.05) is 25.1 Å². The van der Waals surface area contributed by atoms with Crippen molar-refractivity contribution in [1.29, 1.82) is 0 Å². The summed E-state index contributed by atoms with van der Waals surface area (Å²) in [5, 5.41) is 12.7. The van der Waals surface area contributed by atoms with Gasteiger partial charge in [0, 0.05) is 17.9 Å². The van der Waals surface area contributed by atoms with Crippen LogP contribution in [0.25, 0.3) is 0 Å². The second-order valence-electron chi connectivity index (χ2n) is 5.42. The molecule has 1 saturated heterocycles. The number of hydrogen-bond acceptors (Lipinski definition) is 4. The third-order valence-corrected chi connectivity index (χ3v) is 3.89. The molecular weight excluding hydrogens is 258 g/mol. The summed E-state index contributed by atoms with van der Waals surface area (Å²) in [6, 6.07) is 5.59. The van der Waals surface area contributed by atoms with Gasteiger partial charge < -0.3 is 19.9 Å². The summed E-state index contributed by atoms with van der Waals surface area (Å²) in [6.45, 7) is 3.36. The maximum atomic E-state index is 12.2. The second-order valence-corrected chi connectivity index (χ2v) is 5.42. The maximum Gasteiger partial charge on any atom is 0.254 e. The van der Waals surface area contributed by atoms with Crippen LogP contribution in [0.5, 0.6) is 11.5 Å². The van der Waals surface area contributed by atoms with E-state index in [2.05, 4.69) is 5.32 Å². The zero-order valence-corrected chi connectivity index (χ0v) is 11.7. The molecule has 2 atom stereocenters. The van der Waals surface area contributed by atoms with Gasteiger partial charge in [-0.25, -0.2) is 0 Å². The smallest absolute Gasteiger partial charge is 0.254 e. The highest BCUT2D eigenvalue weighted by Crippen LogP contribution is 2.50. The van der Waals surface area contributed by atoms with Crippen molar-refractivity contribution in [2.24, 2.45) is 0 Å². The number of rotatable bonds is 1. The van der Waals surface area contributed by atoms with E-state index in [9.17, 15) is 9.90 Å². The lowest BCUT2D eigenvalue weighted by Gasteiger charge is -2.45. The molecule has 2 heterocycles. The zero-order chi connectivity index (χ0) is 14.5. The van der Waals surface area contributed by atoms with Crippen molar-refractivity contribution in [3.05, 3.63) is 35.1 Å². The van der Waals surface area contributed by atoms with Crippen LogP contribution in [0.4, 0.5) is 0 Å². The molecule has 2 N–H and O–H groups in total. The number of piperidine rings is 1. The molecule has 0 saturated carbocycles. The number of carbonyl (C=O) groups excluding carboxylic acids is 1. The summed E-state index contributed by atoms with van der Waals surface area (Å²) < 4.78 is 11.3. The lowest BCUT2D eigenvalue weighted by Crippen LogP contribution is -2.58. The Labute approximate surface area is 117 Å².